The average Bonchev–Trinajstić information content (AvgIpc) is 1.99. The summed E-state index contributed by atoms with van der Waals surface area (Å²) in [4.78, 5) is 0.118. The van der Waals surface area contributed by atoms with Crippen molar-refractivity contribution in [2.24, 2.45) is 0 Å². The lowest BCUT2D eigenvalue weighted by molar-refractivity contribution is 0.563. The van der Waals surface area contributed by atoms with Gasteiger partial charge in [-0.25, -0.2) is 8.78 Å². The molecule has 0 saturated carbocycles. The van der Waals surface area contributed by atoms with Crippen molar-refractivity contribution >= 4 is 12.6 Å². The summed E-state index contributed by atoms with van der Waals surface area (Å²) in [5.41, 5.74) is 0.341. The molecule has 0 fully saturated rings. The largest absolute Gasteiger partial charge is 0.207 e. The van der Waals surface area contributed by atoms with Crippen LogP contribution in [0.5, 0.6) is 0 Å². The first kappa shape index (κ1) is 8.53. The Balaban J connectivity index is 3.29. The van der Waals surface area contributed by atoms with Crippen LogP contribution in [0.15, 0.2) is 17.0 Å². The maximum atomic E-state index is 12.8. The monoisotopic (exact) mass is 174 g/mol. The van der Waals surface area contributed by atoms with Crippen molar-refractivity contribution < 1.29 is 8.78 Å². The molecule has 0 heterocycles. The van der Waals surface area contributed by atoms with Crippen LogP contribution in [0.25, 0.3) is 0 Å². The molecule has 0 unspecified atom stereocenters. The maximum absolute atomic E-state index is 12.8. The van der Waals surface area contributed by atoms with Crippen LogP contribution in [0.1, 0.15) is 12.5 Å². The molecule has 0 aliphatic carbocycles. The van der Waals surface area contributed by atoms with Crippen LogP contribution in [-0.4, -0.2) is 0 Å². The molecule has 0 atom stereocenters. The molecule has 3 heteroatoms. The maximum Gasteiger partial charge on any atom is 0.136 e. The lowest BCUT2D eigenvalue weighted by Gasteiger charge is -2.03. The Bertz CT molecular complexity index is 271. The lowest BCUT2D eigenvalue weighted by atomic mass is 10.1. The number of halogens is 2. The van der Waals surface area contributed by atoms with E-state index in [2.05, 4.69) is 12.6 Å². The summed E-state index contributed by atoms with van der Waals surface area (Å²) < 4.78 is 25.5. The van der Waals surface area contributed by atoms with Gasteiger partial charge < -0.3 is 0 Å². The third-order valence-corrected chi connectivity index (χ3v) is 2.01. The Labute approximate surface area is 69.6 Å². The number of benzene rings is 1. The molecular weight excluding hydrogens is 166 g/mol. The van der Waals surface area contributed by atoms with Gasteiger partial charge in [0.2, 0.25) is 0 Å². The van der Waals surface area contributed by atoms with Gasteiger partial charge in [-0.2, -0.15) is 0 Å². The second-order valence-corrected chi connectivity index (χ2v) is 2.66. The van der Waals surface area contributed by atoms with E-state index in [0.29, 0.717) is 12.0 Å². The van der Waals surface area contributed by atoms with E-state index in [1.807, 2.05) is 0 Å². The number of hydrogen-bond donors (Lipinski definition) is 1. The Morgan fingerprint density at radius 1 is 1.27 bits per heavy atom. The molecule has 0 bridgehead atoms. The van der Waals surface area contributed by atoms with Crippen molar-refractivity contribution in [3.8, 4) is 0 Å². The molecule has 0 radical (unpaired) electrons. The van der Waals surface area contributed by atoms with E-state index in [1.165, 1.54) is 0 Å². The molecule has 11 heavy (non-hydrogen) atoms. The van der Waals surface area contributed by atoms with Crippen molar-refractivity contribution in [1.29, 1.82) is 0 Å². The van der Waals surface area contributed by atoms with Gasteiger partial charge >= 0.3 is 0 Å². The smallest absolute Gasteiger partial charge is 0.136 e. The van der Waals surface area contributed by atoms with Crippen LogP contribution in [0.4, 0.5) is 8.78 Å². The highest BCUT2D eigenvalue weighted by atomic mass is 32.1. The van der Waals surface area contributed by atoms with Crippen molar-refractivity contribution in [3.05, 3.63) is 29.3 Å². The summed E-state index contributed by atoms with van der Waals surface area (Å²) in [6.07, 6.45) is 0.461. The fourth-order valence-corrected chi connectivity index (χ4v) is 1.26. The molecule has 0 aromatic heterocycles. The topological polar surface area (TPSA) is 0 Å². The van der Waals surface area contributed by atoms with Crippen LogP contribution < -0.4 is 0 Å². The first-order chi connectivity index (χ1) is 5.16. The normalized spacial score (nSPS) is 10.2. The Hall–Kier alpha value is -0.570. The van der Waals surface area contributed by atoms with E-state index >= 15 is 0 Å². The van der Waals surface area contributed by atoms with E-state index < -0.39 is 5.82 Å². The zero-order valence-corrected chi connectivity index (χ0v) is 6.96. The fourth-order valence-electron chi connectivity index (χ4n) is 0.919. The Morgan fingerprint density at radius 2 is 1.82 bits per heavy atom. The van der Waals surface area contributed by atoms with E-state index in [4.69, 9.17) is 0 Å². The van der Waals surface area contributed by atoms with Crippen LogP contribution >= 0.6 is 12.6 Å². The number of hydrogen-bond acceptors (Lipinski definition) is 1. The minimum absolute atomic E-state index is 0.118. The molecular formula is C8H8F2S. The van der Waals surface area contributed by atoms with Crippen molar-refractivity contribution in [2.45, 2.75) is 18.2 Å². The summed E-state index contributed by atoms with van der Waals surface area (Å²) in [7, 11) is 0. The molecule has 1 aromatic rings. The van der Waals surface area contributed by atoms with Crippen molar-refractivity contribution in [2.75, 3.05) is 0 Å². The molecule has 0 saturated heterocycles. The summed E-state index contributed by atoms with van der Waals surface area (Å²) in [6, 6.07) is 2.20. The van der Waals surface area contributed by atoms with Crippen LogP contribution in [-0.2, 0) is 6.42 Å². The van der Waals surface area contributed by atoms with E-state index in [9.17, 15) is 8.78 Å². The van der Waals surface area contributed by atoms with Crippen LogP contribution in [0, 0.1) is 11.6 Å². The zero-order valence-electron chi connectivity index (χ0n) is 6.06. The fraction of sp³-hybridized carbons (Fsp3) is 0.250. The molecule has 0 aliphatic rings. The molecule has 1 aromatic carbocycles. The summed E-state index contributed by atoms with van der Waals surface area (Å²) in [5, 5.41) is 0. The van der Waals surface area contributed by atoms with E-state index in [0.717, 1.165) is 12.1 Å². The molecule has 0 nitrogen and oxygen atoms in total. The molecule has 60 valence electrons. The van der Waals surface area contributed by atoms with Gasteiger partial charge in [-0.1, -0.05) is 6.92 Å². The van der Waals surface area contributed by atoms with Crippen LogP contribution in [0.2, 0.25) is 0 Å². The van der Waals surface area contributed by atoms with E-state index in [-0.39, 0.29) is 10.7 Å². The zero-order chi connectivity index (χ0) is 8.43. The number of rotatable bonds is 1. The predicted octanol–water partition coefficient (Wildman–Crippen LogP) is 2.82. The first-order valence-electron chi connectivity index (χ1n) is 3.32. The molecule has 0 spiro atoms. The van der Waals surface area contributed by atoms with Gasteiger partial charge in [-0.05, 0) is 18.6 Å². The van der Waals surface area contributed by atoms with E-state index in [1.54, 1.807) is 6.92 Å². The van der Waals surface area contributed by atoms with Crippen molar-refractivity contribution in [3.63, 3.8) is 0 Å². The highest BCUT2D eigenvalue weighted by molar-refractivity contribution is 7.80. The highest BCUT2D eigenvalue weighted by Gasteiger charge is 2.07. The predicted molar refractivity (Wildman–Crippen MR) is 43.0 cm³/mol. The summed E-state index contributed by atoms with van der Waals surface area (Å²) in [5.74, 6) is -0.856. The Morgan fingerprint density at radius 3 is 2.27 bits per heavy atom. The molecule has 1 rings (SSSR count). The van der Waals surface area contributed by atoms with Gasteiger partial charge in [0.25, 0.3) is 0 Å². The van der Waals surface area contributed by atoms with Gasteiger partial charge in [0.05, 0.1) is 0 Å². The van der Waals surface area contributed by atoms with Crippen molar-refractivity contribution in [1.82, 2.24) is 0 Å². The SMILES string of the molecule is CCc1c(F)ccc(F)c1S. The number of thiol groups is 1. The highest BCUT2D eigenvalue weighted by Crippen LogP contribution is 2.20. The first-order valence-corrected chi connectivity index (χ1v) is 3.77. The van der Waals surface area contributed by atoms with Gasteiger partial charge in [-0.15, -0.1) is 12.6 Å². The second-order valence-electron chi connectivity index (χ2n) is 2.21. The van der Waals surface area contributed by atoms with Gasteiger partial charge in [-0.3, -0.25) is 0 Å². The summed E-state index contributed by atoms with van der Waals surface area (Å²) >= 11 is 3.85. The Kier molecular flexibility index (Phi) is 2.49. The van der Waals surface area contributed by atoms with Gasteiger partial charge in [0.15, 0.2) is 0 Å². The lowest BCUT2D eigenvalue weighted by Crippen LogP contribution is -1.92. The quantitative estimate of drug-likeness (QED) is 0.622. The third kappa shape index (κ3) is 1.53. The average molecular weight is 174 g/mol. The minimum Gasteiger partial charge on any atom is -0.207 e. The van der Waals surface area contributed by atoms with Crippen LogP contribution in [0.3, 0.4) is 0 Å². The third-order valence-electron chi connectivity index (χ3n) is 1.53. The van der Waals surface area contributed by atoms with Gasteiger partial charge in [0, 0.05) is 10.5 Å². The second kappa shape index (κ2) is 3.22. The summed E-state index contributed by atoms with van der Waals surface area (Å²) in [6.45, 7) is 1.76. The standard InChI is InChI=1S/C8H8F2S/c1-2-5-6(9)3-4-7(10)8(5)11/h3-4,11H,2H2,1H3. The molecule has 0 N–H and O–H groups in total. The minimum atomic E-state index is -0.466. The molecule has 0 amide bonds. The van der Waals surface area contributed by atoms with Gasteiger partial charge in [0.1, 0.15) is 11.6 Å². The molecule has 0 aliphatic heterocycles.